The number of nitrogens with two attached hydrogens (primary N) is 1. The third kappa shape index (κ3) is 3.11. The first-order valence-corrected chi connectivity index (χ1v) is 7.37. The number of anilines is 2. The third-order valence-electron chi connectivity index (χ3n) is 3.00. The number of thiazole rings is 1. The zero-order valence-electron chi connectivity index (χ0n) is 10.9. The lowest BCUT2D eigenvalue weighted by Gasteiger charge is -2.02. The van der Waals surface area contributed by atoms with Gasteiger partial charge in [0.15, 0.2) is 5.13 Å². The summed E-state index contributed by atoms with van der Waals surface area (Å²) < 4.78 is 5.20. The molecule has 0 atom stereocenters. The molecule has 2 aromatic rings. The van der Waals surface area contributed by atoms with Gasteiger partial charge < -0.3 is 20.8 Å². The van der Waals surface area contributed by atoms with E-state index in [1.54, 1.807) is 6.26 Å². The molecule has 3 rings (SSSR count). The Labute approximate surface area is 120 Å². The van der Waals surface area contributed by atoms with E-state index in [0.717, 1.165) is 23.7 Å². The van der Waals surface area contributed by atoms with Crippen molar-refractivity contribution in [3.8, 4) is 0 Å². The Balaban J connectivity index is 1.54. The van der Waals surface area contributed by atoms with Gasteiger partial charge in [-0.2, -0.15) is 0 Å². The van der Waals surface area contributed by atoms with E-state index in [4.69, 9.17) is 10.2 Å². The standard InChI is InChI=1S/C13H16N4O2S/c14-11-10(20-13(17-11)16-8-3-4-8)12(18)15-6-5-9-2-1-7-19-9/h1-2,7-8H,3-6,14H2,(H,15,18)(H,16,17). The number of amides is 1. The molecular formula is C13H16N4O2S. The second-order valence-corrected chi connectivity index (χ2v) is 5.74. The fourth-order valence-electron chi connectivity index (χ4n) is 1.79. The van der Waals surface area contributed by atoms with Gasteiger partial charge in [-0.15, -0.1) is 0 Å². The highest BCUT2D eigenvalue weighted by molar-refractivity contribution is 7.18. The molecule has 0 bridgehead atoms. The quantitative estimate of drug-likeness (QED) is 0.755. The van der Waals surface area contributed by atoms with Crippen molar-refractivity contribution in [1.29, 1.82) is 0 Å². The smallest absolute Gasteiger partial charge is 0.265 e. The van der Waals surface area contributed by atoms with Crippen molar-refractivity contribution in [3.63, 3.8) is 0 Å². The summed E-state index contributed by atoms with van der Waals surface area (Å²) in [6.45, 7) is 0.509. The van der Waals surface area contributed by atoms with E-state index in [1.165, 1.54) is 11.3 Å². The van der Waals surface area contributed by atoms with Crippen molar-refractivity contribution >= 4 is 28.2 Å². The van der Waals surface area contributed by atoms with Crippen molar-refractivity contribution in [2.75, 3.05) is 17.6 Å². The number of furan rings is 1. The van der Waals surface area contributed by atoms with Gasteiger partial charge in [-0.05, 0) is 25.0 Å². The van der Waals surface area contributed by atoms with Gasteiger partial charge in [0, 0.05) is 19.0 Å². The Morgan fingerprint density at radius 2 is 2.40 bits per heavy atom. The molecule has 1 aliphatic carbocycles. The topological polar surface area (TPSA) is 93.2 Å². The number of rotatable bonds is 6. The van der Waals surface area contributed by atoms with Crippen LogP contribution in [0.25, 0.3) is 0 Å². The number of carbonyl (C=O) groups excluding carboxylic acids is 1. The molecule has 1 fully saturated rings. The zero-order chi connectivity index (χ0) is 13.9. The monoisotopic (exact) mass is 292 g/mol. The van der Waals surface area contributed by atoms with Crippen LogP contribution in [-0.4, -0.2) is 23.5 Å². The van der Waals surface area contributed by atoms with E-state index < -0.39 is 0 Å². The molecule has 2 heterocycles. The van der Waals surface area contributed by atoms with Crippen molar-refractivity contribution < 1.29 is 9.21 Å². The van der Waals surface area contributed by atoms with Gasteiger partial charge in [0.2, 0.25) is 0 Å². The molecule has 0 saturated heterocycles. The summed E-state index contributed by atoms with van der Waals surface area (Å²) >= 11 is 1.30. The highest BCUT2D eigenvalue weighted by Gasteiger charge is 2.24. The van der Waals surface area contributed by atoms with Crippen LogP contribution in [0.2, 0.25) is 0 Å². The molecule has 20 heavy (non-hydrogen) atoms. The molecule has 1 amide bonds. The minimum atomic E-state index is -0.185. The molecule has 0 spiro atoms. The van der Waals surface area contributed by atoms with Crippen molar-refractivity contribution in [1.82, 2.24) is 10.3 Å². The molecule has 0 unspecified atom stereocenters. The largest absolute Gasteiger partial charge is 0.469 e. The Morgan fingerprint density at radius 1 is 1.55 bits per heavy atom. The fourth-order valence-corrected chi connectivity index (χ4v) is 2.67. The van der Waals surface area contributed by atoms with E-state index in [2.05, 4.69) is 15.6 Å². The molecule has 1 saturated carbocycles. The minimum Gasteiger partial charge on any atom is -0.469 e. The maximum absolute atomic E-state index is 12.0. The minimum absolute atomic E-state index is 0.185. The zero-order valence-corrected chi connectivity index (χ0v) is 11.7. The van der Waals surface area contributed by atoms with Crippen LogP contribution in [0.15, 0.2) is 22.8 Å². The lowest BCUT2D eigenvalue weighted by Crippen LogP contribution is -2.25. The van der Waals surface area contributed by atoms with Gasteiger partial charge in [0.25, 0.3) is 5.91 Å². The first-order valence-electron chi connectivity index (χ1n) is 6.56. The number of hydrogen-bond donors (Lipinski definition) is 3. The highest BCUT2D eigenvalue weighted by Crippen LogP contribution is 2.30. The van der Waals surface area contributed by atoms with Gasteiger partial charge in [-0.1, -0.05) is 11.3 Å². The first kappa shape index (κ1) is 13.0. The lowest BCUT2D eigenvalue weighted by molar-refractivity contribution is 0.0958. The molecule has 0 aromatic carbocycles. The van der Waals surface area contributed by atoms with Gasteiger partial charge in [-0.25, -0.2) is 4.98 Å². The van der Waals surface area contributed by atoms with Crippen LogP contribution in [0.5, 0.6) is 0 Å². The predicted molar refractivity (Wildman–Crippen MR) is 77.9 cm³/mol. The van der Waals surface area contributed by atoms with Crippen LogP contribution in [0.4, 0.5) is 10.9 Å². The van der Waals surface area contributed by atoms with Gasteiger partial charge in [-0.3, -0.25) is 4.79 Å². The SMILES string of the molecule is Nc1nc(NC2CC2)sc1C(=O)NCCc1ccco1. The maximum atomic E-state index is 12.0. The highest BCUT2D eigenvalue weighted by atomic mass is 32.1. The number of nitrogens with zero attached hydrogens (tertiary/aromatic N) is 1. The Hall–Kier alpha value is -2.02. The first-order chi connectivity index (χ1) is 9.72. The second-order valence-electron chi connectivity index (χ2n) is 4.74. The van der Waals surface area contributed by atoms with Crippen molar-refractivity contribution in [3.05, 3.63) is 29.0 Å². The Kier molecular flexibility index (Phi) is 3.60. The summed E-state index contributed by atoms with van der Waals surface area (Å²) in [5.41, 5.74) is 5.78. The van der Waals surface area contributed by atoms with E-state index in [9.17, 15) is 4.79 Å². The average molecular weight is 292 g/mol. The molecule has 0 aliphatic heterocycles. The van der Waals surface area contributed by atoms with Crippen molar-refractivity contribution in [2.24, 2.45) is 0 Å². The van der Waals surface area contributed by atoms with Crippen LogP contribution in [-0.2, 0) is 6.42 Å². The summed E-state index contributed by atoms with van der Waals surface area (Å²) in [5.74, 6) is 0.947. The van der Waals surface area contributed by atoms with Crippen LogP contribution >= 0.6 is 11.3 Å². The normalized spacial score (nSPS) is 14.2. The maximum Gasteiger partial charge on any atom is 0.265 e. The van der Waals surface area contributed by atoms with E-state index >= 15 is 0 Å². The van der Waals surface area contributed by atoms with Gasteiger partial charge in [0.05, 0.1) is 6.26 Å². The molecule has 0 radical (unpaired) electrons. The van der Waals surface area contributed by atoms with Crippen LogP contribution in [0.3, 0.4) is 0 Å². The number of nitrogen functional groups attached to an aromatic ring is 1. The molecule has 4 N–H and O–H groups in total. The lowest BCUT2D eigenvalue weighted by atomic mass is 10.3. The molecule has 6 nitrogen and oxygen atoms in total. The van der Waals surface area contributed by atoms with Gasteiger partial charge >= 0.3 is 0 Å². The molecule has 2 aromatic heterocycles. The summed E-state index contributed by atoms with van der Waals surface area (Å²) in [5, 5.41) is 6.79. The summed E-state index contributed by atoms with van der Waals surface area (Å²) in [6, 6.07) is 4.20. The fraction of sp³-hybridized carbons (Fsp3) is 0.385. The number of hydrogen-bond acceptors (Lipinski definition) is 6. The number of aromatic nitrogens is 1. The van der Waals surface area contributed by atoms with Crippen LogP contribution < -0.4 is 16.4 Å². The Bertz CT molecular complexity index is 590. The summed E-state index contributed by atoms with van der Waals surface area (Å²) in [7, 11) is 0. The van der Waals surface area contributed by atoms with E-state index in [1.807, 2.05) is 12.1 Å². The summed E-state index contributed by atoms with van der Waals surface area (Å²) in [4.78, 5) is 16.7. The molecule has 1 aliphatic rings. The van der Waals surface area contributed by atoms with E-state index in [-0.39, 0.29) is 11.7 Å². The second kappa shape index (κ2) is 5.54. The van der Waals surface area contributed by atoms with Crippen LogP contribution in [0.1, 0.15) is 28.3 Å². The summed E-state index contributed by atoms with van der Waals surface area (Å²) in [6.07, 6.45) is 4.59. The number of carbonyl (C=O) groups is 1. The molecule has 7 heteroatoms. The predicted octanol–water partition coefficient (Wildman–Crippen LogP) is 1.87. The van der Waals surface area contributed by atoms with E-state index in [0.29, 0.717) is 23.9 Å². The third-order valence-corrected chi connectivity index (χ3v) is 4.00. The number of nitrogens with one attached hydrogen (secondary N) is 2. The molecular weight excluding hydrogens is 276 g/mol. The van der Waals surface area contributed by atoms with Gasteiger partial charge in [0.1, 0.15) is 16.5 Å². The molecule has 106 valence electrons. The average Bonchev–Trinajstić information content (AvgIpc) is 2.94. The Morgan fingerprint density at radius 3 is 3.10 bits per heavy atom. The van der Waals surface area contributed by atoms with Crippen molar-refractivity contribution in [2.45, 2.75) is 25.3 Å². The van der Waals surface area contributed by atoms with Crippen LogP contribution in [0, 0.1) is 0 Å².